The van der Waals surface area contributed by atoms with E-state index in [0.29, 0.717) is 6.10 Å². The summed E-state index contributed by atoms with van der Waals surface area (Å²) in [6.45, 7) is 2.28. The highest BCUT2D eigenvalue weighted by molar-refractivity contribution is 14.1. The van der Waals surface area contributed by atoms with Gasteiger partial charge in [-0.3, -0.25) is 0 Å². The molecular weight excluding hydrogens is 347 g/mol. The first-order chi connectivity index (χ1) is 9.28. The van der Waals surface area contributed by atoms with E-state index in [-0.39, 0.29) is 0 Å². The summed E-state index contributed by atoms with van der Waals surface area (Å²) in [4.78, 5) is 0. The molecule has 0 bridgehead atoms. The molecule has 0 unspecified atom stereocenters. The number of unbranched alkanes of at least 4 members (excludes halogenated alkanes) is 2. The maximum absolute atomic E-state index is 6.08. The van der Waals surface area contributed by atoms with E-state index in [9.17, 15) is 0 Å². The number of halogens is 1. The molecule has 2 rings (SSSR count). The largest absolute Gasteiger partial charge is 0.490 e. The van der Waals surface area contributed by atoms with Crippen LogP contribution in [0.25, 0.3) is 0 Å². The fourth-order valence-corrected chi connectivity index (χ4v) is 3.29. The van der Waals surface area contributed by atoms with E-state index < -0.39 is 0 Å². The average Bonchev–Trinajstić information content (AvgIpc) is 2.44. The van der Waals surface area contributed by atoms with Gasteiger partial charge in [-0.2, -0.15) is 0 Å². The highest BCUT2D eigenvalue weighted by Gasteiger charge is 2.21. The van der Waals surface area contributed by atoms with Crippen LogP contribution in [0.15, 0.2) is 24.3 Å². The number of hydrogen-bond acceptors (Lipinski definition) is 1. The van der Waals surface area contributed by atoms with Crippen molar-refractivity contribution < 1.29 is 4.74 Å². The van der Waals surface area contributed by atoms with E-state index in [1.807, 2.05) is 0 Å². The Bertz CT molecular complexity index is 352. The molecule has 0 atom stereocenters. The molecule has 1 aliphatic carbocycles. The van der Waals surface area contributed by atoms with Crippen LogP contribution in [0.2, 0.25) is 0 Å². The Morgan fingerprint density at radius 2 is 1.74 bits per heavy atom. The monoisotopic (exact) mass is 372 g/mol. The van der Waals surface area contributed by atoms with E-state index in [0.717, 1.165) is 11.7 Å². The number of hydrogen-bond donors (Lipinski definition) is 0. The van der Waals surface area contributed by atoms with Gasteiger partial charge in [0.25, 0.3) is 0 Å². The lowest BCUT2D eigenvalue weighted by molar-refractivity contribution is 0.127. The number of rotatable bonds is 6. The predicted molar refractivity (Wildman–Crippen MR) is 89.7 cm³/mol. The van der Waals surface area contributed by atoms with E-state index in [2.05, 4.69) is 53.8 Å². The molecule has 1 fully saturated rings. The molecule has 0 radical (unpaired) electrons. The topological polar surface area (TPSA) is 9.23 Å². The number of ether oxygens (including phenoxy) is 1. The number of benzene rings is 1. The summed E-state index contributed by atoms with van der Waals surface area (Å²) >= 11 is 2.33. The fraction of sp³-hybridized carbons (Fsp3) is 0.647. The van der Waals surface area contributed by atoms with Gasteiger partial charge < -0.3 is 4.74 Å². The van der Waals surface area contributed by atoms with Crippen molar-refractivity contribution in [1.29, 1.82) is 0 Å². The molecule has 0 N–H and O–H groups in total. The van der Waals surface area contributed by atoms with Gasteiger partial charge in [0.15, 0.2) is 0 Å². The molecule has 1 aliphatic rings. The Morgan fingerprint density at radius 3 is 2.37 bits per heavy atom. The molecule has 0 aliphatic heterocycles. The van der Waals surface area contributed by atoms with Crippen molar-refractivity contribution in [1.82, 2.24) is 0 Å². The van der Waals surface area contributed by atoms with Crippen LogP contribution in [0.5, 0.6) is 5.75 Å². The van der Waals surface area contributed by atoms with Crippen molar-refractivity contribution in [2.75, 3.05) is 0 Å². The van der Waals surface area contributed by atoms with Crippen LogP contribution in [0, 0.1) is 9.49 Å². The zero-order chi connectivity index (χ0) is 13.5. The molecule has 0 aromatic heterocycles. The third kappa shape index (κ3) is 5.33. The normalized spacial score (nSPS) is 23.3. The lowest BCUT2D eigenvalue weighted by Gasteiger charge is -2.29. The van der Waals surface area contributed by atoms with Gasteiger partial charge in [-0.25, -0.2) is 0 Å². The van der Waals surface area contributed by atoms with Gasteiger partial charge in [0, 0.05) is 3.57 Å². The van der Waals surface area contributed by atoms with E-state index in [1.54, 1.807) is 0 Å². The molecular formula is C17H25IO. The summed E-state index contributed by atoms with van der Waals surface area (Å²) in [7, 11) is 0. The minimum Gasteiger partial charge on any atom is -0.490 e. The molecule has 0 amide bonds. The molecule has 1 nitrogen and oxygen atoms in total. The lowest BCUT2D eigenvalue weighted by Crippen LogP contribution is -2.24. The second-order valence-electron chi connectivity index (χ2n) is 5.71. The van der Waals surface area contributed by atoms with E-state index in [1.165, 1.54) is 54.9 Å². The van der Waals surface area contributed by atoms with Gasteiger partial charge in [0.1, 0.15) is 5.75 Å². The van der Waals surface area contributed by atoms with Crippen LogP contribution in [0.1, 0.15) is 58.3 Å². The third-order valence-electron chi connectivity index (χ3n) is 4.13. The summed E-state index contributed by atoms with van der Waals surface area (Å²) in [6, 6.07) is 8.42. The summed E-state index contributed by atoms with van der Waals surface area (Å²) in [5.41, 5.74) is 0. The maximum atomic E-state index is 6.08. The average molecular weight is 372 g/mol. The van der Waals surface area contributed by atoms with Gasteiger partial charge in [-0.05, 0) is 78.5 Å². The molecule has 19 heavy (non-hydrogen) atoms. The second-order valence-corrected chi connectivity index (χ2v) is 6.96. The maximum Gasteiger partial charge on any atom is 0.119 e. The van der Waals surface area contributed by atoms with Gasteiger partial charge in [-0.15, -0.1) is 0 Å². The molecule has 1 aromatic rings. The van der Waals surface area contributed by atoms with E-state index >= 15 is 0 Å². The lowest BCUT2D eigenvalue weighted by atomic mass is 9.84. The molecule has 0 saturated heterocycles. The first-order valence-corrected chi connectivity index (χ1v) is 8.78. The Hall–Kier alpha value is -0.250. The summed E-state index contributed by atoms with van der Waals surface area (Å²) in [5, 5.41) is 0. The second kappa shape index (κ2) is 8.13. The van der Waals surface area contributed by atoms with Crippen LogP contribution in [-0.4, -0.2) is 6.10 Å². The van der Waals surface area contributed by atoms with Crippen LogP contribution in [0.3, 0.4) is 0 Å². The van der Waals surface area contributed by atoms with Gasteiger partial charge in [0.2, 0.25) is 0 Å². The molecule has 0 spiro atoms. The summed E-state index contributed by atoms with van der Waals surface area (Å²) < 4.78 is 7.35. The molecule has 1 saturated carbocycles. The van der Waals surface area contributed by atoms with E-state index in [4.69, 9.17) is 4.74 Å². The quantitative estimate of drug-likeness (QED) is 0.452. The zero-order valence-corrected chi connectivity index (χ0v) is 14.1. The Balaban J connectivity index is 1.69. The van der Waals surface area contributed by atoms with Crippen LogP contribution in [0.4, 0.5) is 0 Å². The van der Waals surface area contributed by atoms with Crippen LogP contribution in [-0.2, 0) is 0 Å². The smallest absolute Gasteiger partial charge is 0.119 e. The third-order valence-corrected chi connectivity index (χ3v) is 4.85. The van der Waals surface area contributed by atoms with Gasteiger partial charge in [0.05, 0.1) is 6.10 Å². The minimum atomic E-state index is 0.447. The highest BCUT2D eigenvalue weighted by Crippen LogP contribution is 2.30. The Labute approximate surface area is 131 Å². The van der Waals surface area contributed by atoms with Crippen molar-refractivity contribution in [3.05, 3.63) is 27.8 Å². The highest BCUT2D eigenvalue weighted by atomic mass is 127. The molecule has 106 valence electrons. The van der Waals surface area contributed by atoms with Crippen LogP contribution < -0.4 is 4.74 Å². The summed E-state index contributed by atoms with van der Waals surface area (Å²) in [5.74, 6) is 2.00. The molecule has 2 heteroatoms. The summed E-state index contributed by atoms with van der Waals surface area (Å²) in [6.07, 6.45) is 11.2. The van der Waals surface area contributed by atoms with Gasteiger partial charge in [-0.1, -0.05) is 32.6 Å². The Morgan fingerprint density at radius 1 is 1.05 bits per heavy atom. The molecule has 0 heterocycles. The van der Waals surface area contributed by atoms with Crippen molar-refractivity contribution in [3.63, 3.8) is 0 Å². The predicted octanol–water partition coefficient (Wildman–Crippen LogP) is 5.81. The minimum absolute atomic E-state index is 0.447. The van der Waals surface area contributed by atoms with Crippen molar-refractivity contribution in [3.8, 4) is 5.75 Å². The first kappa shape index (κ1) is 15.1. The molecule has 1 aromatic carbocycles. The SMILES string of the molecule is CCCCCC1CCC(Oc2ccc(I)cc2)CC1. The van der Waals surface area contributed by atoms with Crippen molar-refractivity contribution in [2.24, 2.45) is 5.92 Å². The first-order valence-electron chi connectivity index (χ1n) is 7.70. The van der Waals surface area contributed by atoms with Gasteiger partial charge >= 0.3 is 0 Å². The fourth-order valence-electron chi connectivity index (χ4n) is 2.93. The van der Waals surface area contributed by atoms with Crippen LogP contribution >= 0.6 is 22.6 Å². The standard InChI is InChI=1S/C17H25IO/c1-2-3-4-5-14-6-10-16(11-7-14)19-17-12-8-15(18)9-13-17/h8-9,12-14,16H,2-7,10-11H2,1H3. The Kier molecular flexibility index (Phi) is 6.48. The van der Waals surface area contributed by atoms with Crippen molar-refractivity contribution in [2.45, 2.75) is 64.4 Å². The van der Waals surface area contributed by atoms with Crippen molar-refractivity contribution >= 4 is 22.6 Å². The zero-order valence-electron chi connectivity index (χ0n) is 11.9.